The lowest BCUT2D eigenvalue weighted by atomic mass is 10.0. The molecule has 0 saturated carbocycles. The maximum atomic E-state index is 14.3. The Balaban J connectivity index is 2.28. The molecule has 0 aliphatic carbocycles. The molecule has 1 heterocycles. The topological polar surface area (TPSA) is 80.9 Å². The van der Waals surface area contributed by atoms with Gasteiger partial charge >= 0.3 is 0 Å². The first-order chi connectivity index (χ1) is 13.3. The van der Waals surface area contributed by atoms with Crippen molar-refractivity contribution in [3.63, 3.8) is 0 Å². The highest BCUT2D eigenvalue weighted by Crippen LogP contribution is 2.35. The first kappa shape index (κ1) is 19.2. The molecule has 1 atom stereocenters. The first-order valence-electron chi connectivity index (χ1n) is 8.27. The number of aromatic hydroxyl groups is 1. The van der Waals surface area contributed by atoms with E-state index in [1.54, 1.807) is 6.07 Å². The largest absolute Gasteiger partial charge is 0.503 e. The molecule has 0 fully saturated rings. The zero-order chi connectivity index (χ0) is 20.4. The fraction of sp³-hybridized carbons (Fsp3) is 0.150. The van der Waals surface area contributed by atoms with Crippen molar-refractivity contribution in [3.05, 3.63) is 81.1 Å². The molecule has 1 unspecified atom stereocenters. The number of ether oxygens (including phenoxy) is 1. The van der Waals surface area contributed by atoms with Crippen molar-refractivity contribution in [2.45, 2.75) is 13.0 Å². The SMILES string of the molecule is COc1ccc(-n2cc(O)c(=O)cc2C(C)N=O)cc1-c1cc(F)ccc1F. The molecule has 6 nitrogen and oxygen atoms in total. The molecule has 3 rings (SSSR count). The highest BCUT2D eigenvalue weighted by molar-refractivity contribution is 5.73. The lowest BCUT2D eigenvalue weighted by molar-refractivity contribution is 0.416. The van der Waals surface area contributed by atoms with Crippen LogP contribution in [-0.4, -0.2) is 16.8 Å². The molecule has 3 aromatic rings. The van der Waals surface area contributed by atoms with Crippen LogP contribution in [0.15, 0.2) is 58.6 Å². The summed E-state index contributed by atoms with van der Waals surface area (Å²) in [6, 6.07) is 7.89. The Morgan fingerprint density at radius 1 is 1.11 bits per heavy atom. The van der Waals surface area contributed by atoms with E-state index in [1.807, 2.05) is 0 Å². The van der Waals surface area contributed by atoms with Gasteiger partial charge in [0.25, 0.3) is 0 Å². The summed E-state index contributed by atoms with van der Waals surface area (Å²) in [5.74, 6) is -1.51. The summed E-state index contributed by atoms with van der Waals surface area (Å²) in [4.78, 5) is 22.8. The van der Waals surface area contributed by atoms with Gasteiger partial charge in [-0.25, -0.2) is 8.78 Å². The van der Waals surface area contributed by atoms with Crippen LogP contribution < -0.4 is 10.2 Å². The molecule has 0 bridgehead atoms. The molecule has 0 saturated heterocycles. The van der Waals surface area contributed by atoms with Crippen LogP contribution in [0.5, 0.6) is 11.5 Å². The number of nitroso groups, excluding NO2 is 1. The number of rotatable bonds is 5. The van der Waals surface area contributed by atoms with Crippen molar-refractivity contribution in [1.82, 2.24) is 4.57 Å². The minimum Gasteiger partial charge on any atom is -0.503 e. The van der Waals surface area contributed by atoms with Crippen molar-refractivity contribution in [2.24, 2.45) is 5.18 Å². The van der Waals surface area contributed by atoms with Crippen LogP contribution in [0.3, 0.4) is 0 Å². The molecule has 0 aliphatic heterocycles. The standard InChI is InChI=1S/C20H16F2N2O4/c1-11(23-27)17-9-18(25)19(26)10-24(17)13-4-6-20(28-2)15(8-13)14-7-12(21)3-5-16(14)22/h3-11,26H,1-2H3. The van der Waals surface area contributed by atoms with Gasteiger partial charge in [-0.15, -0.1) is 0 Å². The van der Waals surface area contributed by atoms with Crippen LogP contribution in [0, 0.1) is 16.5 Å². The molecule has 0 aliphatic rings. The molecular formula is C20H16F2N2O4. The molecule has 144 valence electrons. The van der Waals surface area contributed by atoms with Gasteiger partial charge < -0.3 is 14.4 Å². The maximum absolute atomic E-state index is 14.3. The molecule has 0 amide bonds. The zero-order valence-corrected chi connectivity index (χ0v) is 15.0. The second-order valence-corrected chi connectivity index (χ2v) is 6.11. The van der Waals surface area contributed by atoms with Crippen molar-refractivity contribution in [3.8, 4) is 28.3 Å². The van der Waals surface area contributed by atoms with Gasteiger partial charge in [0.2, 0.25) is 5.43 Å². The van der Waals surface area contributed by atoms with Crippen molar-refractivity contribution in [1.29, 1.82) is 0 Å². The highest BCUT2D eigenvalue weighted by Gasteiger charge is 2.17. The molecule has 2 aromatic carbocycles. The van der Waals surface area contributed by atoms with E-state index in [9.17, 15) is 23.6 Å². The minimum atomic E-state index is -0.884. The Morgan fingerprint density at radius 2 is 1.86 bits per heavy atom. The van der Waals surface area contributed by atoms with Crippen molar-refractivity contribution < 1.29 is 18.6 Å². The lowest BCUT2D eigenvalue weighted by Gasteiger charge is -2.18. The molecular weight excluding hydrogens is 370 g/mol. The van der Waals surface area contributed by atoms with Gasteiger partial charge in [0, 0.05) is 22.9 Å². The van der Waals surface area contributed by atoms with E-state index in [4.69, 9.17) is 4.74 Å². The summed E-state index contributed by atoms with van der Waals surface area (Å²) in [5.41, 5.74) is 0.195. The van der Waals surface area contributed by atoms with E-state index in [0.717, 1.165) is 30.5 Å². The van der Waals surface area contributed by atoms with Gasteiger partial charge in [-0.05, 0) is 43.3 Å². The number of pyridine rings is 1. The quantitative estimate of drug-likeness (QED) is 0.662. The summed E-state index contributed by atoms with van der Waals surface area (Å²) in [5, 5.41) is 12.8. The molecule has 1 N–H and O–H groups in total. The predicted octanol–water partition coefficient (Wildman–Crippen LogP) is 4.32. The van der Waals surface area contributed by atoms with E-state index < -0.39 is 28.9 Å². The van der Waals surface area contributed by atoms with Gasteiger partial charge in [-0.2, -0.15) is 4.91 Å². The first-order valence-corrected chi connectivity index (χ1v) is 8.27. The number of halogens is 2. The van der Waals surface area contributed by atoms with Crippen LogP contribution in [0.2, 0.25) is 0 Å². The van der Waals surface area contributed by atoms with Gasteiger partial charge in [0.1, 0.15) is 23.4 Å². The average Bonchev–Trinajstić information content (AvgIpc) is 2.70. The van der Waals surface area contributed by atoms with Gasteiger partial charge in [0.05, 0.1) is 19.0 Å². The van der Waals surface area contributed by atoms with Gasteiger partial charge in [-0.3, -0.25) is 4.79 Å². The Hall–Kier alpha value is -3.55. The molecule has 0 spiro atoms. The summed E-state index contributed by atoms with van der Waals surface area (Å²) in [7, 11) is 1.39. The number of hydrogen-bond acceptors (Lipinski definition) is 5. The molecule has 8 heteroatoms. The molecule has 28 heavy (non-hydrogen) atoms. The third-order valence-electron chi connectivity index (χ3n) is 4.33. The summed E-state index contributed by atoms with van der Waals surface area (Å²) in [6.07, 6.45) is 1.15. The second kappa shape index (κ2) is 7.59. The van der Waals surface area contributed by atoms with Crippen LogP contribution in [-0.2, 0) is 0 Å². The van der Waals surface area contributed by atoms with E-state index in [-0.39, 0.29) is 16.8 Å². The van der Waals surface area contributed by atoms with E-state index in [2.05, 4.69) is 5.18 Å². The fourth-order valence-corrected chi connectivity index (χ4v) is 2.90. The van der Waals surface area contributed by atoms with Crippen molar-refractivity contribution >= 4 is 0 Å². The number of hydrogen-bond donors (Lipinski definition) is 1. The monoisotopic (exact) mass is 386 g/mol. The molecule has 0 radical (unpaired) electrons. The Morgan fingerprint density at radius 3 is 2.54 bits per heavy atom. The van der Waals surface area contributed by atoms with Gasteiger partial charge in [-0.1, -0.05) is 5.18 Å². The summed E-state index contributed by atoms with van der Waals surface area (Å²) in [6.45, 7) is 1.49. The van der Waals surface area contributed by atoms with E-state index >= 15 is 0 Å². The van der Waals surface area contributed by atoms with Gasteiger partial charge in [0.15, 0.2) is 5.75 Å². The van der Waals surface area contributed by atoms with Crippen molar-refractivity contribution in [2.75, 3.05) is 7.11 Å². The van der Waals surface area contributed by atoms with Crippen LogP contribution in [0.4, 0.5) is 8.78 Å². The third-order valence-corrected chi connectivity index (χ3v) is 4.33. The normalized spacial score (nSPS) is 11.9. The second-order valence-electron chi connectivity index (χ2n) is 6.11. The summed E-state index contributed by atoms with van der Waals surface area (Å²) >= 11 is 0. The predicted molar refractivity (Wildman–Crippen MR) is 99.8 cm³/mol. The smallest absolute Gasteiger partial charge is 0.223 e. The lowest BCUT2D eigenvalue weighted by Crippen LogP contribution is -2.12. The molecule has 1 aromatic heterocycles. The van der Waals surface area contributed by atoms with Crippen LogP contribution in [0.25, 0.3) is 16.8 Å². The van der Waals surface area contributed by atoms with Crippen LogP contribution in [0.1, 0.15) is 18.7 Å². The number of nitrogens with zero attached hydrogens (tertiary/aromatic N) is 2. The maximum Gasteiger partial charge on any atom is 0.223 e. The number of aromatic nitrogens is 1. The van der Waals surface area contributed by atoms with Crippen LogP contribution >= 0.6 is 0 Å². The third kappa shape index (κ3) is 3.48. The zero-order valence-electron chi connectivity index (χ0n) is 15.0. The van der Waals surface area contributed by atoms with E-state index in [1.165, 1.54) is 30.7 Å². The number of methoxy groups -OCH3 is 1. The highest BCUT2D eigenvalue weighted by atomic mass is 19.1. The minimum absolute atomic E-state index is 0.0212. The van der Waals surface area contributed by atoms with E-state index in [0.29, 0.717) is 11.4 Å². The average molecular weight is 386 g/mol. The fourth-order valence-electron chi connectivity index (χ4n) is 2.90. The number of benzene rings is 2. The Labute approximate surface area is 158 Å². The Kier molecular flexibility index (Phi) is 5.21. The summed E-state index contributed by atoms with van der Waals surface area (Å²) < 4.78 is 34.6. The Bertz CT molecular complexity index is 1110.